The molecule has 6 nitrogen and oxygen atoms in total. The fraction of sp³-hybridized carbons (Fsp3) is 0.556. The van der Waals surface area contributed by atoms with Gasteiger partial charge in [0.15, 0.2) is 12.6 Å². The topological polar surface area (TPSA) is 77.4 Å². The molecule has 0 bridgehead atoms. The van der Waals surface area contributed by atoms with Crippen LogP contribution in [-0.4, -0.2) is 54.1 Å². The van der Waals surface area contributed by atoms with Crippen LogP contribution in [0.1, 0.15) is 24.7 Å². The van der Waals surface area contributed by atoms with Crippen LogP contribution in [0.4, 0.5) is 0 Å². The normalized spacial score (nSPS) is 36.1. The van der Waals surface area contributed by atoms with Crippen molar-refractivity contribution in [1.29, 1.82) is 0 Å². The van der Waals surface area contributed by atoms with Crippen LogP contribution in [-0.2, 0) is 18.9 Å². The fourth-order valence-electron chi connectivity index (χ4n) is 2.92. The average molecular weight is 336 g/mol. The summed E-state index contributed by atoms with van der Waals surface area (Å²) in [5, 5.41) is 20.7. The Morgan fingerprint density at radius 3 is 2.71 bits per heavy atom. The number of benzene rings is 1. The molecule has 0 radical (unpaired) electrons. The van der Waals surface area contributed by atoms with Gasteiger partial charge in [-0.05, 0) is 12.8 Å². The van der Waals surface area contributed by atoms with Gasteiger partial charge in [0.05, 0.1) is 13.2 Å². The standard InChI is InChI=1S/C18H24O6/c1-2-3-7-10-21-18-15(20)14(19)16-13(23-18)11-22-17(24-16)12-8-5-4-6-9-12/h2,4-6,8-9,13-20H,1,3,7,10-11H2/t13-,14-,15-,16-,17?,18+/m1/s1. The molecule has 1 aromatic rings. The van der Waals surface area contributed by atoms with Gasteiger partial charge >= 0.3 is 0 Å². The zero-order valence-corrected chi connectivity index (χ0v) is 13.5. The molecule has 0 spiro atoms. The summed E-state index contributed by atoms with van der Waals surface area (Å²) in [6.07, 6.45) is -1.45. The minimum atomic E-state index is -1.16. The molecule has 0 saturated carbocycles. The van der Waals surface area contributed by atoms with Gasteiger partial charge in [0, 0.05) is 5.56 Å². The van der Waals surface area contributed by atoms with E-state index in [0.29, 0.717) is 6.61 Å². The number of allylic oxidation sites excluding steroid dienone is 1. The molecule has 2 saturated heterocycles. The van der Waals surface area contributed by atoms with Crippen LogP contribution < -0.4 is 0 Å². The number of rotatable bonds is 6. The van der Waals surface area contributed by atoms with Crippen molar-refractivity contribution >= 4 is 0 Å². The Morgan fingerprint density at radius 1 is 1.17 bits per heavy atom. The summed E-state index contributed by atoms with van der Waals surface area (Å²) in [6, 6.07) is 9.48. The van der Waals surface area contributed by atoms with E-state index in [2.05, 4.69) is 6.58 Å². The Kier molecular flexibility index (Phi) is 5.99. The van der Waals surface area contributed by atoms with Crippen molar-refractivity contribution in [3.8, 4) is 0 Å². The van der Waals surface area contributed by atoms with Gasteiger partial charge in [-0.1, -0.05) is 36.4 Å². The van der Waals surface area contributed by atoms with Crippen LogP contribution in [0.3, 0.4) is 0 Å². The predicted molar refractivity (Wildman–Crippen MR) is 86.1 cm³/mol. The first-order valence-electron chi connectivity index (χ1n) is 8.27. The van der Waals surface area contributed by atoms with E-state index >= 15 is 0 Å². The summed E-state index contributed by atoms with van der Waals surface area (Å²) in [5.74, 6) is 0. The van der Waals surface area contributed by atoms with E-state index in [9.17, 15) is 10.2 Å². The summed E-state index contributed by atoms with van der Waals surface area (Å²) in [7, 11) is 0. The second-order valence-corrected chi connectivity index (χ2v) is 6.00. The predicted octanol–water partition coefficient (Wildman–Crippen LogP) is 1.53. The van der Waals surface area contributed by atoms with Crippen LogP contribution >= 0.6 is 0 Å². The van der Waals surface area contributed by atoms with E-state index in [1.165, 1.54) is 0 Å². The monoisotopic (exact) mass is 336 g/mol. The van der Waals surface area contributed by atoms with E-state index in [1.54, 1.807) is 6.08 Å². The quantitative estimate of drug-likeness (QED) is 0.606. The summed E-state index contributed by atoms with van der Waals surface area (Å²) in [5.41, 5.74) is 0.862. The average Bonchev–Trinajstić information content (AvgIpc) is 2.63. The zero-order chi connectivity index (χ0) is 16.9. The number of aliphatic hydroxyl groups excluding tert-OH is 2. The molecular formula is C18H24O6. The van der Waals surface area contributed by atoms with Gasteiger partial charge in [0.2, 0.25) is 0 Å². The van der Waals surface area contributed by atoms with Gasteiger partial charge in [-0.2, -0.15) is 0 Å². The van der Waals surface area contributed by atoms with Gasteiger partial charge < -0.3 is 29.2 Å². The van der Waals surface area contributed by atoms with Crippen molar-refractivity contribution in [1.82, 2.24) is 0 Å². The summed E-state index contributed by atoms with van der Waals surface area (Å²) >= 11 is 0. The van der Waals surface area contributed by atoms with Crippen molar-refractivity contribution in [2.24, 2.45) is 0 Å². The Balaban J connectivity index is 1.60. The lowest BCUT2D eigenvalue weighted by atomic mass is 9.98. The molecule has 2 fully saturated rings. The van der Waals surface area contributed by atoms with Crippen LogP contribution in [0.2, 0.25) is 0 Å². The maximum Gasteiger partial charge on any atom is 0.186 e. The lowest BCUT2D eigenvalue weighted by Crippen LogP contribution is -2.62. The molecule has 2 aliphatic rings. The molecule has 2 heterocycles. The molecule has 24 heavy (non-hydrogen) atoms. The third-order valence-corrected chi connectivity index (χ3v) is 4.24. The van der Waals surface area contributed by atoms with Crippen LogP contribution in [0.15, 0.2) is 43.0 Å². The minimum Gasteiger partial charge on any atom is -0.387 e. The maximum atomic E-state index is 10.4. The van der Waals surface area contributed by atoms with Crippen molar-refractivity contribution in [3.05, 3.63) is 48.6 Å². The Morgan fingerprint density at radius 2 is 1.96 bits per heavy atom. The third-order valence-electron chi connectivity index (χ3n) is 4.24. The van der Waals surface area contributed by atoms with Gasteiger partial charge in [-0.3, -0.25) is 0 Å². The first-order valence-corrected chi connectivity index (χ1v) is 8.27. The van der Waals surface area contributed by atoms with Crippen molar-refractivity contribution in [2.45, 2.75) is 49.8 Å². The van der Waals surface area contributed by atoms with E-state index in [-0.39, 0.29) is 6.61 Å². The molecule has 132 valence electrons. The summed E-state index contributed by atoms with van der Waals surface area (Å²) < 4.78 is 22.8. The number of hydrogen-bond donors (Lipinski definition) is 2. The molecule has 6 atom stereocenters. The molecule has 2 N–H and O–H groups in total. The second kappa shape index (κ2) is 8.20. The highest BCUT2D eigenvalue weighted by Crippen LogP contribution is 2.34. The SMILES string of the molecule is C=CCCCO[C@H]1O[C@@H]2COC(c3ccccc3)O[C@H]2[C@H](O)[C@H]1O. The highest BCUT2D eigenvalue weighted by molar-refractivity contribution is 5.16. The largest absolute Gasteiger partial charge is 0.387 e. The molecular weight excluding hydrogens is 312 g/mol. The van der Waals surface area contributed by atoms with Crippen molar-refractivity contribution < 1.29 is 29.2 Å². The van der Waals surface area contributed by atoms with Gasteiger partial charge in [-0.25, -0.2) is 0 Å². The summed E-state index contributed by atoms with van der Waals surface area (Å²) in [4.78, 5) is 0. The van der Waals surface area contributed by atoms with Crippen LogP contribution in [0, 0.1) is 0 Å². The molecule has 0 amide bonds. The maximum absolute atomic E-state index is 10.4. The lowest BCUT2D eigenvalue weighted by molar-refractivity contribution is -0.361. The number of hydrogen-bond acceptors (Lipinski definition) is 6. The zero-order valence-electron chi connectivity index (χ0n) is 13.5. The van der Waals surface area contributed by atoms with Crippen molar-refractivity contribution in [2.75, 3.05) is 13.2 Å². The first kappa shape index (κ1) is 17.5. The van der Waals surface area contributed by atoms with Crippen molar-refractivity contribution in [3.63, 3.8) is 0 Å². The third kappa shape index (κ3) is 3.85. The van der Waals surface area contributed by atoms with E-state index < -0.39 is 37.0 Å². The molecule has 3 rings (SSSR count). The Hall–Kier alpha value is -1.28. The second-order valence-electron chi connectivity index (χ2n) is 6.00. The summed E-state index contributed by atoms with van der Waals surface area (Å²) in [6.45, 7) is 4.34. The molecule has 0 aliphatic carbocycles. The molecule has 1 aromatic carbocycles. The minimum absolute atomic E-state index is 0.264. The fourth-order valence-corrected chi connectivity index (χ4v) is 2.92. The number of aliphatic hydroxyl groups is 2. The lowest BCUT2D eigenvalue weighted by Gasteiger charge is -2.46. The van der Waals surface area contributed by atoms with E-state index in [0.717, 1.165) is 18.4 Å². The number of ether oxygens (including phenoxy) is 4. The first-order chi connectivity index (χ1) is 11.7. The molecule has 2 aliphatic heterocycles. The Labute approximate surface area is 141 Å². The number of unbranched alkanes of at least 4 members (excludes halogenated alkanes) is 1. The van der Waals surface area contributed by atoms with E-state index in [4.69, 9.17) is 18.9 Å². The smallest absolute Gasteiger partial charge is 0.186 e. The van der Waals surface area contributed by atoms with Crippen LogP contribution in [0.5, 0.6) is 0 Å². The molecule has 0 aromatic heterocycles. The molecule has 6 heteroatoms. The highest BCUT2D eigenvalue weighted by atomic mass is 16.8. The van der Waals surface area contributed by atoms with Gasteiger partial charge in [-0.15, -0.1) is 6.58 Å². The Bertz CT molecular complexity index is 520. The van der Waals surface area contributed by atoms with Crippen LogP contribution in [0.25, 0.3) is 0 Å². The van der Waals surface area contributed by atoms with Gasteiger partial charge in [0.25, 0.3) is 0 Å². The highest BCUT2D eigenvalue weighted by Gasteiger charge is 2.49. The number of fused-ring (bicyclic) bond motifs is 1. The molecule has 1 unspecified atom stereocenters. The van der Waals surface area contributed by atoms with Gasteiger partial charge in [0.1, 0.15) is 24.4 Å². The van der Waals surface area contributed by atoms with E-state index in [1.807, 2.05) is 30.3 Å².